The number of amides is 2. The lowest BCUT2D eigenvalue weighted by Gasteiger charge is -2.34. The Bertz CT molecular complexity index is 799. The van der Waals surface area contributed by atoms with Crippen LogP contribution in [0.4, 0.5) is 13.2 Å². The van der Waals surface area contributed by atoms with Crippen LogP contribution in [0.15, 0.2) is 35.3 Å². The summed E-state index contributed by atoms with van der Waals surface area (Å²) < 4.78 is 42.5. The van der Waals surface area contributed by atoms with E-state index >= 15 is 0 Å². The molecular weight excluding hydrogens is 371 g/mol. The zero-order valence-electron chi connectivity index (χ0n) is 15.3. The van der Waals surface area contributed by atoms with Crippen LogP contribution in [0.25, 0.3) is 0 Å². The van der Waals surface area contributed by atoms with Crippen LogP contribution in [0.3, 0.4) is 0 Å². The quantitative estimate of drug-likeness (QED) is 0.852. The van der Waals surface area contributed by atoms with Gasteiger partial charge in [0.15, 0.2) is 0 Å². The molecule has 2 fully saturated rings. The average Bonchev–Trinajstić information content (AvgIpc) is 3.48. The Morgan fingerprint density at radius 3 is 2.29 bits per heavy atom. The number of aliphatic imine (C=N–C) groups is 1. The smallest absolute Gasteiger partial charge is 0.316 e. The van der Waals surface area contributed by atoms with Crippen LogP contribution in [0, 0.1) is 5.92 Å². The van der Waals surface area contributed by atoms with Crippen molar-refractivity contribution >= 4 is 17.6 Å². The highest BCUT2D eigenvalue weighted by atomic mass is 19.4. The average molecular weight is 393 g/mol. The van der Waals surface area contributed by atoms with Gasteiger partial charge in [-0.25, -0.2) is 4.99 Å². The summed E-state index contributed by atoms with van der Waals surface area (Å²) >= 11 is 0. The lowest BCUT2D eigenvalue weighted by atomic mass is 9.93. The predicted octanol–water partition coefficient (Wildman–Crippen LogP) is 3.39. The second-order valence-electron chi connectivity index (χ2n) is 7.74. The molecule has 2 aliphatic carbocycles. The number of nitrogens with one attached hydrogen (secondary N) is 1. The van der Waals surface area contributed by atoms with Gasteiger partial charge in [-0.3, -0.25) is 14.5 Å². The van der Waals surface area contributed by atoms with E-state index in [9.17, 15) is 22.8 Å². The highest BCUT2D eigenvalue weighted by Crippen LogP contribution is 2.42. The Kier molecular flexibility index (Phi) is 4.67. The second-order valence-corrected chi connectivity index (χ2v) is 7.74. The highest BCUT2D eigenvalue weighted by molar-refractivity contribution is 6.16. The molecule has 2 saturated carbocycles. The number of hydrogen-bond donors (Lipinski definition) is 1. The number of carbonyl (C=O) groups excluding carboxylic acids is 2. The van der Waals surface area contributed by atoms with Gasteiger partial charge < -0.3 is 5.32 Å². The maximum atomic E-state index is 14.2. The molecule has 1 aromatic rings. The van der Waals surface area contributed by atoms with E-state index in [0.29, 0.717) is 31.2 Å². The van der Waals surface area contributed by atoms with Crippen molar-refractivity contribution < 1.29 is 22.8 Å². The minimum atomic E-state index is -5.03. The van der Waals surface area contributed by atoms with Crippen LogP contribution in [0.5, 0.6) is 0 Å². The zero-order valence-corrected chi connectivity index (χ0v) is 15.3. The lowest BCUT2D eigenvalue weighted by Crippen LogP contribution is -2.64. The predicted molar refractivity (Wildman–Crippen MR) is 96.4 cm³/mol. The Hall–Kier alpha value is -2.38. The van der Waals surface area contributed by atoms with Gasteiger partial charge in [0.05, 0.1) is 0 Å². The third kappa shape index (κ3) is 3.18. The Morgan fingerprint density at radius 1 is 1.07 bits per heavy atom. The molecule has 0 spiro atoms. The van der Waals surface area contributed by atoms with Crippen molar-refractivity contribution in [2.24, 2.45) is 10.9 Å². The molecule has 0 radical (unpaired) electrons. The van der Waals surface area contributed by atoms with E-state index in [1.165, 1.54) is 4.90 Å². The maximum absolute atomic E-state index is 14.2. The van der Waals surface area contributed by atoms with Gasteiger partial charge in [0.1, 0.15) is 5.84 Å². The summed E-state index contributed by atoms with van der Waals surface area (Å²) in [7, 11) is 0. The van der Waals surface area contributed by atoms with Crippen molar-refractivity contribution in [3.05, 3.63) is 35.9 Å². The van der Waals surface area contributed by atoms with Gasteiger partial charge in [-0.15, -0.1) is 0 Å². The van der Waals surface area contributed by atoms with Crippen LogP contribution in [0.1, 0.15) is 50.5 Å². The highest BCUT2D eigenvalue weighted by Gasteiger charge is 2.68. The first-order valence-corrected chi connectivity index (χ1v) is 9.71. The monoisotopic (exact) mass is 393 g/mol. The normalized spacial score (nSPS) is 26.3. The lowest BCUT2D eigenvalue weighted by molar-refractivity contribution is -0.201. The van der Waals surface area contributed by atoms with E-state index in [1.807, 2.05) is 5.32 Å². The second kappa shape index (κ2) is 6.90. The number of hydrogen-bond acceptors (Lipinski definition) is 3. The number of amidine groups is 1. The summed E-state index contributed by atoms with van der Waals surface area (Å²) in [6.07, 6.45) is 0.000503. The van der Waals surface area contributed by atoms with E-state index in [4.69, 9.17) is 0 Å². The van der Waals surface area contributed by atoms with Crippen molar-refractivity contribution in [2.75, 3.05) is 0 Å². The summed E-state index contributed by atoms with van der Waals surface area (Å²) in [6, 6.07) is 8.06. The summed E-state index contributed by atoms with van der Waals surface area (Å²) in [6.45, 7) is 0. The maximum Gasteiger partial charge on any atom is 0.442 e. The molecule has 1 aliphatic heterocycles. The Labute approximate surface area is 161 Å². The van der Waals surface area contributed by atoms with E-state index in [-0.39, 0.29) is 11.9 Å². The van der Waals surface area contributed by atoms with Crippen LogP contribution < -0.4 is 5.32 Å². The molecule has 1 atom stereocenters. The number of halogens is 3. The van der Waals surface area contributed by atoms with Gasteiger partial charge in [-0.1, -0.05) is 49.6 Å². The topological polar surface area (TPSA) is 61.8 Å². The first kappa shape index (κ1) is 19.0. The Balaban J connectivity index is 1.80. The van der Waals surface area contributed by atoms with Gasteiger partial charge >= 0.3 is 11.8 Å². The number of nitrogens with zero attached hydrogens (tertiary/aromatic N) is 2. The summed E-state index contributed by atoms with van der Waals surface area (Å²) in [5.41, 5.74) is -2.80. The molecule has 8 heteroatoms. The van der Waals surface area contributed by atoms with Gasteiger partial charge in [-0.05, 0) is 25.7 Å². The molecule has 0 saturated heterocycles. The fraction of sp³-hybridized carbons (Fsp3) is 0.550. The van der Waals surface area contributed by atoms with Gasteiger partial charge in [0.25, 0.3) is 5.91 Å². The number of rotatable bonds is 4. The molecule has 0 bridgehead atoms. The van der Waals surface area contributed by atoms with E-state index in [1.54, 1.807) is 30.3 Å². The standard InChI is InChI=1S/C20H22F3N3O2/c21-20(22,23)19(25-17(27)14-11-12-14)18(28)26(15-9-5-2-6-10-15)16(24-19)13-7-3-1-4-8-13/h1,3-4,7-8,14-15H,2,5-6,9-12H2,(H,25,27). The fourth-order valence-corrected chi connectivity index (χ4v) is 3.96. The number of benzene rings is 1. The van der Waals surface area contributed by atoms with Crippen LogP contribution in [0.2, 0.25) is 0 Å². The first-order chi connectivity index (χ1) is 13.3. The molecule has 1 heterocycles. The third-order valence-corrected chi connectivity index (χ3v) is 5.66. The first-order valence-electron chi connectivity index (χ1n) is 9.71. The molecule has 1 unspecified atom stereocenters. The summed E-state index contributed by atoms with van der Waals surface area (Å²) in [4.78, 5) is 30.5. The van der Waals surface area contributed by atoms with Gasteiger partial charge in [0, 0.05) is 17.5 Å². The zero-order chi connectivity index (χ0) is 19.9. The van der Waals surface area contributed by atoms with Crippen molar-refractivity contribution in [2.45, 2.75) is 62.8 Å². The molecule has 150 valence electrons. The number of carbonyl (C=O) groups is 2. The third-order valence-electron chi connectivity index (χ3n) is 5.66. The van der Waals surface area contributed by atoms with Crippen molar-refractivity contribution in [3.8, 4) is 0 Å². The van der Waals surface area contributed by atoms with Crippen molar-refractivity contribution in [1.29, 1.82) is 0 Å². The summed E-state index contributed by atoms with van der Waals surface area (Å²) in [5, 5.41) is 1.97. The SMILES string of the molecule is O=C(NC1(C(F)(F)F)N=C(c2ccccc2)N(C2CCCCC2)C1=O)C1CC1. The van der Waals surface area contributed by atoms with E-state index in [0.717, 1.165) is 19.3 Å². The minimum absolute atomic E-state index is 0.00841. The minimum Gasteiger partial charge on any atom is -0.316 e. The van der Waals surface area contributed by atoms with Crippen LogP contribution in [-0.4, -0.2) is 40.4 Å². The molecule has 2 amide bonds. The van der Waals surface area contributed by atoms with Gasteiger partial charge in [0.2, 0.25) is 5.91 Å². The summed E-state index contributed by atoms with van der Waals surface area (Å²) in [5.74, 6) is -2.43. The molecule has 3 aliphatic rings. The van der Waals surface area contributed by atoms with Crippen molar-refractivity contribution in [3.63, 3.8) is 0 Å². The Morgan fingerprint density at radius 2 is 1.71 bits per heavy atom. The molecular formula is C20H22F3N3O2. The van der Waals surface area contributed by atoms with Gasteiger partial charge in [-0.2, -0.15) is 13.2 Å². The molecule has 4 rings (SSSR count). The molecule has 28 heavy (non-hydrogen) atoms. The molecule has 0 aromatic heterocycles. The van der Waals surface area contributed by atoms with Crippen LogP contribution in [-0.2, 0) is 9.59 Å². The largest absolute Gasteiger partial charge is 0.442 e. The number of alkyl halides is 3. The van der Waals surface area contributed by atoms with Crippen LogP contribution >= 0.6 is 0 Å². The van der Waals surface area contributed by atoms with E-state index < -0.39 is 29.6 Å². The van der Waals surface area contributed by atoms with E-state index in [2.05, 4.69) is 4.99 Å². The fourth-order valence-electron chi connectivity index (χ4n) is 3.96. The molecule has 1 N–H and O–H groups in total. The van der Waals surface area contributed by atoms with Crippen molar-refractivity contribution in [1.82, 2.24) is 10.2 Å². The molecule has 1 aromatic carbocycles. The molecule has 5 nitrogen and oxygen atoms in total.